The van der Waals surface area contributed by atoms with Crippen LogP contribution in [0.4, 0.5) is 0 Å². The van der Waals surface area contributed by atoms with Crippen molar-refractivity contribution in [2.75, 3.05) is 18.6 Å². The number of carboxylic acids is 1. The number of carbonyl (C=O) groups excluding carboxylic acids is 4. The van der Waals surface area contributed by atoms with Gasteiger partial charge in [-0.3, -0.25) is 19.2 Å². The van der Waals surface area contributed by atoms with Crippen molar-refractivity contribution in [1.29, 1.82) is 0 Å². The average Bonchev–Trinajstić information content (AvgIpc) is 2.78. The highest BCUT2D eigenvalue weighted by Gasteiger charge is 2.30. The van der Waals surface area contributed by atoms with Crippen molar-refractivity contribution in [2.45, 2.75) is 83.0 Å². The molecule has 35 heavy (non-hydrogen) atoms. The number of unbranched alkanes of at least 4 members (excludes halogenated alkanes) is 1. The third-order valence-corrected chi connectivity index (χ3v) is 5.83. The highest BCUT2D eigenvalue weighted by Crippen LogP contribution is 2.09. The largest absolute Gasteiger partial charge is 0.480 e. The van der Waals surface area contributed by atoms with Gasteiger partial charge in [0.1, 0.15) is 18.1 Å². The van der Waals surface area contributed by atoms with Crippen LogP contribution in [0, 0.1) is 5.92 Å². The number of carbonyl (C=O) groups is 5. The second kappa shape index (κ2) is 18.0. The van der Waals surface area contributed by atoms with Crippen LogP contribution in [0.25, 0.3) is 0 Å². The van der Waals surface area contributed by atoms with Crippen LogP contribution < -0.4 is 33.2 Å². The van der Waals surface area contributed by atoms with Crippen LogP contribution in [-0.2, 0) is 24.0 Å². The third kappa shape index (κ3) is 14.6. The Balaban J connectivity index is 5.39. The van der Waals surface area contributed by atoms with Crippen LogP contribution in [-0.4, -0.2) is 77.4 Å². The van der Waals surface area contributed by atoms with Gasteiger partial charge >= 0.3 is 5.97 Å². The number of nitrogens with one attached hydrogen (secondary N) is 3. The first-order chi connectivity index (χ1) is 16.4. The molecule has 0 radical (unpaired) electrons. The third-order valence-electron chi connectivity index (χ3n) is 5.18. The van der Waals surface area contributed by atoms with Crippen molar-refractivity contribution in [3.8, 4) is 0 Å². The second-order valence-corrected chi connectivity index (χ2v) is 9.81. The van der Waals surface area contributed by atoms with Crippen LogP contribution in [0.15, 0.2) is 0 Å². The smallest absolute Gasteiger partial charge is 0.326 e. The van der Waals surface area contributed by atoms with Crippen molar-refractivity contribution in [3.05, 3.63) is 0 Å². The Morgan fingerprint density at radius 3 is 1.94 bits per heavy atom. The Kier molecular flexibility index (Phi) is 16.7. The molecule has 0 aromatic carbocycles. The van der Waals surface area contributed by atoms with Gasteiger partial charge in [0.15, 0.2) is 0 Å². The van der Waals surface area contributed by atoms with Crippen molar-refractivity contribution in [2.24, 2.45) is 23.1 Å². The number of carboxylic acid groups (broad SMARTS) is 1. The van der Waals surface area contributed by atoms with E-state index in [0.717, 1.165) is 0 Å². The van der Waals surface area contributed by atoms with Crippen LogP contribution in [0.3, 0.4) is 0 Å². The second-order valence-electron chi connectivity index (χ2n) is 8.83. The number of amides is 4. The van der Waals surface area contributed by atoms with E-state index >= 15 is 0 Å². The molecule has 0 saturated carbocycles. The molecular formula is C22H42N6O6S. The Morgan fingerprint density at radius 1 is 0.857 bits per heavy atom. The highest BCUT2D eigenvalue weighted by atomic mass is 32.2. The molecule has 0 fully saturated rings. The summed E-state index contributed by atoms with van der Waals surface area (Å²) in [6.45, 7) is 4.16. The van der Waals surface area contributed by atoms with Crippen molar-refractivity contribution >= 4 is 41.4 Å². The molecule has 12 nitrogen and oxygen atoms in total. The van der Waals surface area contributed by atoms with E-state index in [2.05, 4.69) is 16.0 Å². The summed E-state index contributed by atoms with van der Waals surface area (Å²) in [5.41, 5.74) is 16.4. The summed E-state index contributed by atoms with van der Waals surface area (Å²) in [4.78, 5) is 60.9. The minimum absolute atomic E-state index is 0.0327. The molecule has 0 heterocycles. The van der Waals surface area contributed by atoms with Gasteiger partial charge in [-0.05, 0) is 63.0 Å². The van der Waals surface area contributed by atoms with Gasteiger partial charge in [0, 0.05) is 6.42 Å². The zero-order valence-corrected chi connectivity index (χ0v) is 21.7. The van der Waals surface area contributed by atoms with Gasteiger partial charge in [-0.25, -0.2) is 4.79 Å². The summed E-state index contributed by atoms with van der Waals surface area (Å²) in [6, 6.07) is -4.07. The van der Waals surface area contributed by atoms with Gasteiger partial charge in [0.05, 0.1) is 6.04 Å². The minimum atomic E-state index is -1.17. The number of primary amides is 1. The van der Waals surface area contributed by atoms with Crippen LogP contribution in [0.2, 0.25) is 0 Å². The maximum atomic E-state index is 13.1. The molecule has 0 aliphatic rings. The summed E-state index contributed by atoms with van der Waals surface area (Å²) in [5, 5.41) is 17.2. The molecule has 202 valence electrons. The normalized spacial score (nSPS) is 14.5. The van der Waals surface area contributed by atoms with Crippen molar-refractivity contribution in [1.82, 2.24) is 16.0 Å². The van der Waals surface area contributed by atoms with E-state index in [-0.39, 0.29) is 38.0 Å². The topological polar surface area (TPSA) is 220 Å². The van der Waals surface area contributed by atoms with E-state index in [1.807, 2.05) is 20.1 Å². The monoisotopic (exact) mass is 518 g/mol. The molecule has 0 saturated heterocycles. The lowest BCUT2D eigenvalue weighted by Crippen LogP contribution is -2.57. The van der Waals surface area contributed by atoms with Gasteiger partial charge < -0.3 is 38.3 Å². The number of nitrogens with two attached hydrogens (primary N) is 3. The Bertz CT molecular complexity index is 708. The molecule has 0 rings (SSSR count). The summed E-state index contributed by atoms with van der Waals surface area (Å²) in [5.74, 6) is -2.98. The molecule has 4 amide bonds. The first kappa shape index (κ1) is 32.6. The van der Waals surface area contributed by atoms with Gasteiger partial charge in [-0.15, -0.1) is 0 Å². The lowest BCUT2D eigenvalue weighted by molar-refractivity contribution is -0.142. The maximum Gasteiger partial charge on any atom is 0.326 e. The van der Waals surface area contributed by atoms with E-state index in [1.165, 1.54) is 11.8 Å². The lowest BCUT2D eigenvalue weighted by Gasteiger charge is -2.26. The molecular weight excluding hydrogens is 476 g/mol. The molecule has 10 N–H and O–H groups in total. The van der Waals surface area contributed by atoms with Crippen molar-refractivity contribution in [3.63, 3.8) is 0 Å². The Morgan fingerprint density at radius 2 is 1.43 bits per heavy atom. The molecule has 0 aliphatic carbocycles. The van der Waals surface area contributed by atoms with Crippen LogP contribution >= 0.6 is 11.8 Å². The summed E-state index contributed by atoms with van der Waals surface area (Å²) in [6.07, 6.45) is 3.76. The van der Waals surface area contributed by atoms with Gasteiger partial charge in [0.25, 0.3) is 0 Å². The summed E-state index contributed by atoms with van der Waals surface area (Å²) >= 11 is 1.47. The molecule has 0 aliphatic heterocycles. The Labute approximate surface area is 211 Å². The first-order valence-electron chi connectivity index (χ1n) is 11.8. The molecule has 4 atom stereocenters. The SMILES string of the molecule is CSCCC(NC(=O)C(CC(C)C)NC(=O)C(N)CCC(N)=O)C(=O)NC(CCCCN)C(=O)O. The fraction of sp³-hybridized carbons (Fsp3) is 0.773. The standard InChI is InChI=1S/C22H42N6O6S/c1-13(2)12-17(28-19(30)14(24)7-8-18(25)29)21(32)26-15(9-11-35-3)20(31)27-16(22(33)34)6-4-5-10-23/h13-17H,4-12,23-24H2,1-3H3,(H2,25,29)(H,26,32)(H,27,31)(H,28,30)(H,33,34). The predicted octanol–water partition coefficient (Wildman–Crippen LogP) is -0.954. The zero-order valence-electron chi connectivity index (χ0n) is 20.9. The summed E-state index contributed by atoms with van der Waals surface area (Å²) in [7, 11) is 0. The number of aliphatic carboxylic acids is 1. The van der Waals surface area contributed by atoms with Crippen LogP contribution in [0.1, 0.15) is 58.8 Å². The minimum Gasteiger partial charge on any atom is -0.480 e. The number of thioether (sulfide) groups is 1. The van der Waals surface area contributed by atoms with Gasteiger partial charge in [0.2, 0.25) is 23.6 Å². The van der Waals surface area contributed by atoms with Crippen molar-refractivity contribution < 1.29 is 29.1 Å². The first-order valence-corrected chi connectivity index (χ1v) is 13.2. The number of rotatable bonds is 19. The molecule has 0 aromatic heterocycles. The van der Waals surface area contributed by atoms with E-state index in [9.17, 15) is 29.1 Å². The zero-order chi connectivity index (χ0) is 27.0. The van der Waals surface area contributed by atoms with Crippen LogP contribution in [0.5, 0.6) is 0 Å². The lowest BCUT2D eigenvalue weighted by atomic mass is 10.0. The quantitative estimate of drug-likeness (QED) is 0.105. The molecule has 13 heteroatoms. The van der Waals surface area contributed by atoms with Gasteiger partial charge in [-0.1, -0.05) is 13.8 Å². The Hall–Kier alpha value is -2.38. The molecule has 0 aromatic rings. The molecule has 0 spiro atoms. The number of hydrogen-bond donors (Lipinski definition) is 7. The van der Waals surface area contributed by atoms with E-state index in [4.69, 9.17) is 17.2 Å². The highest BCUT2D eigenvalue weighted by molar-refractivity contribution is 7.98. The van der Waals surface area contributed by atoms with E-state index in [0.29, 0.717) is 25.1 Å². The average molecular weight is 519 g/mol. The number of hydrogen-bond acceptors (Lipinski definition) is 8. The molecule has 4 unspecified atom stereocenters. The van der Waals surface area contributed by atoms with E-state index < -0.39 is 53.8 Å². The van der Waals surface area contributed by atoms with Gasteiger partial charge in [-0.2, -0.15) is 11.8 Å². The molecule has 0 bridgehead atoms. The fourth-order valence-electron chi connectivity index (χ4n) is 3.21. The fourth-order valence-corrected chi connectivity index (χ4v) is 3.68. The van der Waals surface area contributed by atoms with E-state index in [1.54, 1.807) is 0 Å². The summed E-state index contributed by atoms with van der Waals surface area (Å²) < 4.78 is 0. The predicted molar refractivity (Wildman–Crippen MR) is 135 cm³/mol. The maximum absolute atomic E-state index is 13.1.